The zero-order valence-corrected chi connectivity index (χ0v) is 10.9. The van der Waals surface area contributed by atoms with Crippen molar-refractivity contribution >= 4 is 39.8 Å². The Morgan fingerprint density at radius 2 is 2.33 bits per heavy atom. The van der Waals surface area contributed by atoms with Crippen molar-refractivity contribution in [1.82, 2.24) is 4.98 Å². The van der Waals surface area contributed by atoms with E-state index in [0.717, 1.165) is 10.4 Å². The molecule has 1 unspecified atom stereocenters. The van der Waals surface area contributed by atoms with E-state index < -0.39 is 0 Å². The van der Waals surface area contributed by atoms with Crippen molar-refractivity contribution in [2.75, 3.05) is 11.1 Å². The lowest BCUT2D eigenvalue weighted by Gasteiger charge is -2.21. The molecule has 1 aromatic carbocycles. The van der Waals surface area contributed by atoms with Gasteiger partial charge in [0.1, 0.15) is 5.82 Å². The molecule has 0 saturated carbocycles. The second-order valence-corrected chi connectivity index (χ2v) is 5.62. The smallest absolute Gasteiger partial charge is 0.226 e. The van der Waals surface area contributed by atoms with Gasteiger partial charge in [-0.1, -0.05) is 35.1 Å². The van der Waals surface area contributed by atoms with E-state index in [-0.39, 0.29) is 11.8 Å². The van der Waals surface area contributed by atoms with E-state index in [2.05, 4.69) is 10.3 Å². The molecule has 3 rings (SSSR count). The highest BCUT2D eigenvalue weighted by Gasteiger charge is 2.29. The molecular weight excluding hydrogens is 270 g/mol. The lowest BCUT2D eigenvalue weighted by Crippen LogP contribution is -2.22. The first-order valence-corrected chi connectivity index (χ1v) is 6.64. The number of carbonyl (C=O) groups is 1. The molecule has 0 radical (unpaired) electrons. The average Bonchev–Trinajstić information content (AvgIpc) is 2.68. The predicted molar refractivity (Wildman–Crippen MR) is 73.1 cm³/mol. The Kier molecular flexibility index (Phi) is 2.72. The molecule has 4 nitrogen and oxygen atoms in total. The number of amides is 1. The molecule has 18 heavy (non-hydrogen) atoms. The van der Waals surface area contributed by atoms with Crippen LogP contribution in [0.15, 0.2) is 24.3 Å². The fourth-order valence-electron chi connectivity index (χ4n) is 2.13. The number of aromatic nitrogens is 1. The highest BCUT2D eigenvalue weighted by molar-refractivity contribution is 7.16. The number of fused-ring (bicyclic) bond motifs is 1. The highest BCUT2D eigenvalue weighted by atomic mass is 35.5. The molecule has 0 spiro atoms. The Hall–Kier alpha value is -1.59. The molecule has 1 aromatic heterocycles. The second-order valence-electron chi connectivity index (χ2n) is 4.12. The molecule has 0 saturated heterocycles. The van der Waals surface area contributed by atoms with Crippen molar-refractivity contribution in [1.29, 1.82) is 0 Å². The summed E-state index contributed by atoms with van der Waals surface area (Å²) in [4.78, 5) is 16.8. The zero-order valence-electron chi connectivity index (χ0n) is 9.31. The van der Waals surface area contributed by atoms with E-state index in [0.29, 0.717) is 22.4 Å². The summed E-state index contributed by atoms with van der Waals surface area (Å²) in [7, 11) is 0. The van der Waals surface area contributed by atoms with Gasteiger partial charge >= 0.3 is 0 Å². The summed E-state index contributed by atoms with van der Waals surface area (Å²) in [6, 6.07) is 7.55. The Bertz CT molecular complexity index is 626. The molecule has 1 aliphatic heterocycles. The third-order valence-electron chi connectivity index (χ3n) is 2.88. The van der Waals surface area contributed by atoms with E-state index in [9.17, 15) is 4.79 Å². The van der Waals surface area contributed by atoms with Crippen LogP contribution in [0, 0.1) is 0 Å². The number of hydrogen-bond donors (Lipinski definition) is 2. The first kappa shape index (κ1) is 11.5. The van der Waals surface area contributed by atoms with E-state index in [4.69, 9.17) is 17.3 Å². The van der Waals surface area contributed by atoms with Gasteiger partial charge in [-0.25, -0.2) is 4.98 Å². The lowest BCUT2D eigenvalue weighted by molar-refractivity contribution is -0.116. The third-order valence-corrected chi connectivity index (χ3v) is 4.12. The van der Waals surface area contributed by atoms with Crippen molar-refractivity contribution in [3.63, 3.8) is 0 Å². The predicted octanol–water partition coefficient (Wildman–Crippen LogP) is 2.85. The summed E-state index contributed by atoms with van der Waals surface area (Å²) >= 11 is 7.41. The summed E-state index contributed by atoms with van der Waals surface area (Å²) in [5, 5.41) is 3.87. The van der Waals surface area contributed by atoms with Gasteiger partial charge in [0, 0.05) is 17.4 Å². The molecule has 2 aromatic rings. The van der Waals surface area contributed by atoms with Crippen LogP contribution in [0.1, 0.15) is 22.8 Å². The minimum Gasteiger partial charge on any atom is -0.375 e. The first-order chi connectivity index (χ1) is 8.63. The Morgan fingerprint density at radius 1 is 1.50 bits per heavy atom. The Balaban J connectivity index is 2.09. The number of anilines is 2. The maximum atomic E-state index is 11.7. The molecule has 2 heterocycles. The first-order valence-electron chi connectivity index (χ1n) is 5.45. The van der Waals surface area contributed by atoms with Gasteiger partial charge in [-0.15, -0.1) is 0 Å². The van der Waals surface area contributed by atoms with Gasteiger partial charge in [0.15, 0.2) is 5.13 Å². The summed E-state index contributed by atoms with van der Waals surface area (Å²) < 4.78 is 0. The number of hydrogen-bond acceptors (Lipinski definition) is 4. The van der Waals surface area contributed by atoms with Crippen LogP contribution in [-0.4, -0.2) is 10.9 Å². The molecule has 0 aliphatic carbocycles. The van der Waals surface area contributed by atoms with Gasteiger partial charge in [-0.05, 0) is 17.7 Å². The average molecular weight is 280 g/mol. The van der Waals surface area contributed by atoms with Crippen LogP contribution in [0.4, 0.5) is 10.9 Å². The fourth-order valence-corrected chi connectivity index (χ4v) is 3.24. The van der Waals surface area contributed by atoms with Crippen molar-refractivity contribution in [2.24, 2.45) is 0 Å². The maximum absolute atomic E-state index is 11.7. The molecule has 1 atom stereocenters. The quantitative estimate of drug-likeness (QED) is 0.843. The van der Waals surface area contributed by atoms with E-state index >= 15 is 0 Å². The molecule has 1 amide bonds. The monoisotopic (exact) mass is 279 g/mol. The summed E-state index contributed by atoms with van der Waals surface area (Å²) in [6.07, 6.45) is 0.398. The number of nitrogens with two attached hydrogens (primary N) is 1. The fraction of sp³-hybridized carbons (Fsp3) is 0.167. The Labute approximate surface area is 113 Å². The number of thiazole rings is 1. The maximum Gasteiger partial charge on any atom is 0.226 e. The lowest BCUT2D eigenvalue weighted by atomic mass is 9.92. The van der Waals surface area contributed by atoms with Crippen LogP contribution in [0.5, 0.6) is 0 Å². The zero-order chi connectivity index (χ0) is 12.7. The van der Waals surface area contributed by atoms with Gasteiger partial charge in [-0.2, -0.15) is 0 Å². The third kappa shape index (κ3) is 1.95. The second kappa shape index (κ2) is 4.26. The number of halogens is 1. The Morgan fingerprint density at radius 3 is 3.11 bits per heavy atom. The number of benzene rings is 1. The standard InChI is InChI=1S/C12H10ClN3OS/c13-7-3-1-2-6(4-7)8-5-9(17)15-11-10(8)18-12(14)16-11/h1-4,8H,5H2,(H2,14,16)(H,15,17). The van der Waals surface area contributed by atoms with Gasteiger partial charge < -0.3 is 11.1 Å². The molecule has 1 aliphatic rings. The van der Waals surface area contributed by atoms with Gasteiger partial charge in [-0.3, -0.25) is 4.79 Å². The SMILES string of the molecule is Nc1nc2c(s1)C(c1cccc(Cl)c1)CC(=O)N2. The molecule has 0 fully saturated rings. The summed E-state index contributed by atoms with van der Waals surface area (Å²) in [6.45, 7) is 0. The van der Waals surface area contributed by atoms with Crippen LogP contribution < -0.4 is 11.1 Å². The van der Waals surface area contributed by atoms with E-state index in [1.807, 2.05) is 24.3 Å². The topological polar surface area (TPSA) is 68.0 Å². The van der Waals surface area contributed by atoms with E-state index in [1.54, 1.807) is 0 Å². The minimum atomic E-state index is -0.0437. The van der Waals surface area contributed by atoms with Gasteiger partial charge in [0.05, 0.1) is 4.88 Å². The van der Waals surface area contributed by atoms with Crippen LogP contribution in [0.2, 0.25) is 5.02 Å². The number of nitrogens with zero attached hydrogens (tertiary/aromatic N) is 1. The van der Waals surface area contributed by atoms with Crippen molar-refractivity contribution in [2.45, 2.75) is 12.3 Å². The van der Waals surface area contributed by atoms with Gasteiger partial charge in [0.25, 0.3) is 0 Å². The number of nitrogen functional groups attached to an aromatic ring is 1. The minimum absolute atomic E-state index is 0.0118. The van der Waals surface area contributed by atoms with Crippen molar-refractivity contribution in [3.8, 4) is 0 Å². The number of carbonyl (C=O) groups excluding carboxylic acids is 1. The van der Waals surface area contributed by atoms with Crippen LogP contribution in [-0.2, 0) is 4.79 Å². The molecular formula is C12H10ClN3OS. The van der Waals surface area contributed by atoms with Gasteiger partial charge in [0.2, 0.25) is 5.91 Å². The normalized spacial score (nSPS) is 18.3. The highest BCUT2D eigenvalue weighted by Crippen LogP contribution is 2.41. The molecule has 6 heteroatoms. The molecule has 0 bridgehead atoms. The number of rotatable bonds is 1. The van der Waals surface area contributed by atoms with Crippen LogP contribution in [0.3, 0.4) is 0 Å². The largest absolute Gasteiger partial charge is 0.375 e. The van der Waals surface area contributed by atoms with Crippen LogP contribution >= 0.6 is 22.9 Å². The van der Waals surface area contributed by atoms with Crippen molar-refractivity contribution < 1.29 is 4.79 Å². The molecule has 3 N–H and O–H groups in total. The summed E-state index contributed by atoms with van der Waals surface area (Å²) in [5.41, 5.74) is 6.72. The molecule has 92 valence electrons. The van der Waals surface area contributed by atoms with E-state index in [1.165, 1.54) is 11.3 Å². The van der Waals surface area contributed by atoms with Crippen molar-refractivity contribution in [3.05, 3.63) is 39.7 Å². The van der Waals surface area contributed by atoms with Crippen LogP contribution in [0.25, 0.3) is 0 Å². The number of nitrogens with one attached hydrogen (secondary N) is 1. The summed E-state index contributed by atoms with van der Waals surface area (Å²) in [5.74, 6) is 0.527.